The average Bonchev–Trinajstić information content (AvgIpc) is 3.54. The molecule has 0 unspecified atom stereocenters. The zero-order valence-corrected chi connectivity index (χ0v) is 30.7. The van der Waals surface area contributed by atoms with Crippen LogP contribution in [0.15, 0.2) is 36.4 Å². The molecule has 0 aliphatic carbocycles. The van der Waals surface area contributed by atoms with Crippen LogP contribution in [0.1, 0.15) is 106 Å². The van der Waals surface area contributed by atoms with Gasteiger partial charge in [0.2, 0.25) is 0 Å². The summed E-state index contributed by atoms with van der Waals surface area (Å²) < 4.78 is 20.1. The second-order valence-electron chi connectivity index (χ2n) is 16.4. The predicted octanol–water partition coefficient (Wildman–Crippen LogP) is 8.23. The van der Waals surface area contributed by atoms with Crippen LogP contribution in [0.25, 0.3) is 11.1 Å². The first-order valence-electron chi connectivity index (χ1n) is 18.2. The van der Waals surface area contributed by atoms with Gasteiger partial charge in [0, 0.05) is 56.1 Å². The molecule has 3 aliphatic rings. The highest BCUT2D eigenvalue weighted by Crippen LogP contribution is 2.46. The largest absolute Gasteiger partial charge is 0.479 e. The first-order valence-corrected chi connectivity index (χ1v) is 18.2. The lowest BCUT2D eigenvalue weighted by molar-refractivity contribution is -0.160. The van der Waals surface area contributed by atoms with Crippen molar-refractivity contribution in [2.45, 2.75) is 112 Å². The number of nitrogens with zero attached hydrogens (tertiary/aromatic N) is 4. The summed E-state index contributed by atoms with van der Waals surface area (Å²) in [5.41, 5.74) is 9.92. The Bertz CT molecular complexity index is 1680. The van der Waals surface area contributed by atoms with Crippen LogP contribution in [0.2, 0.25) is 0 Å². The Morgan fingerprint density at radius 3 is 2.33 bits per heavy atom. The first-order chi connectivity index (χ1) is 23.2. The smallest absolute Gasteiger partial charge is 0.337 e. The van der Waals surface area contributed by atoms with E-state index < -0.39 is 17.7 Å². The van der Waals surface area contributed by atoms with Gasteiger partial charge in [-0.1, -0.05) is 38.1 Å². The number of aliphatic carboxylic acids is 1. The lowest BCUT2D eigenvalue weighted by Gasteiger charge is -2.41. The van der Waals surface area contributed by atoms with Gasteiger partial charge in [-0.3, -0.25) is 14.8 Å². The Morgan fingerprint density at radius 1 is 0.959 bits per heavy atom. The summed E-state index contributed by atoms with van der Waals surface area (Å²) in [6.45, 7) is 21.4. The number of rotatable bonds is 9. The summed E-state index contributed by atoms with van der Waals surface area (Å²) in [5.74, 6) is -1.18. The van der Waals surface area contributed by atoms with E-state index in [0.29, 0.717) is 5.56 Å². The molecule has 6 rings (SSSR count). The standard InChI is InChI=1S/C41H55FN4O3/c1-27-22-33(42)13-12-31(27)24-45-19-14-29-23-30(10-11-32(29)25-45)36-34(26-44-17-8-9-18-44)43-28(2)35(38(39(47)48)49-40(3,4)5)37(36)46-20-15-41(6,7)16-21-46/h10-13,22-23,38H,8-9,14-21,24-26H2,1-7H3,(H,47,48)/t38-/m0/s1. The minimum atomic E-state index is -1.14. The maximum Gasteiger partial charge on any atom is 0.337 e. The maximum atomic E-state index is 13.8. The van der Waals surface area contributed by atoms with Crippen LogP contribution in [0.5, 0.6) is 0 Å². The number of fused-ring (bicyclic) bond motifs is 1. The van der Waals surface area contributed by atoms with Gasteiger partial charge in [-0.2, -0.15) is 0 Å². The normalized spacial score (nSPS) is 19.2. The van der Waals surface area contributed by atoms with Gasteiger partial charge >= 0.3 is 5.97 Å². The Kier molecular flexibility index (Phi) is 10.2. The lowest BCUT2D eigenvalue weighted by atomic mass is 9.81. The van der Waals surface area contributed by atoms with E-state index >= 15 is 0 Å². The van der Waals surface area contributed by atoms with E-state index in [-0.39, 0.29) is 11.2 Å². The van der Waals surface area contributed by atoms with Gasteiger partial charge in [0.05, 0.1) is 17.0 Å². The van der Waals surface area contributed by atoms with Gasteiger partial charge in [-0.15, -0.1) is 0 Å². The highest BCUT2D eigenvalue weighted by Gasteiger charge is 2.37. The Hall–Kier alpha value is -3.33. The molecule has 264 valence electrons. The minimum absolute atomic E-state index is 0.192. The summed E-state index contributed by atoms with van der Waals surface area (Å²) in [7, 11) is 0. The SMILES string of the molecule is Cc1cc(F)ccc1CN1CCc2cc(-c3c(CN4CCCC4)nc(C)c([C@H](OC(C)(C)C)C(=O)O)c3N3CCC(C)(C)CC3)ccc2C1. The number of aromatic nitrogens is 1. The quantitative estimate of drug-likeness (QED) is 0.246. The second kappa shape index (κ2) is 14.1. The van der Waals surface area contributed by atoms with Gasteiger partial charge < -0.3 is 14.7 Å². The highest BCUT2D eigenvalue weighted by atomic mass is 19.1. The molecule has 0 bridgehead atoms. The number of carboxylic acid groups (broad SMARTS) is 1. The van der Waals surface area contributed by atoms with E-state index in [9.17, 15) is 14.3 Å². The van der Waals surface area contributed by atoms with Crippen molar-refractivity contribution in [2.24, 2.45) is 5.41 Å². The zero-order chi connectivity index (χ0) is 35.1. The molecule has 49 heavy (non-hydrogen) atoms. The van der Waals surface area contributed by atoms with E-state index in [1.165, 1.54) is 24.0 Å². The molecule has 1 N–H and O–H groups in total. The van der Waals surface area contributed by atoms with E-state index in [0.717, 1.165) is 111 Å². The Labute approximate surface area is 292 Å². The van der Waals surface area contributed by atoms with Crippen molar-refractivity contribution in [1.82, 2.24) is 14.8 Å². The highest BCUT2D eigenvalue weighted by molar-refractivity contribution is 5.88. The predicted molar refractivity (Wildman–Crippen MR) is 194 cm³/mol. The van der Waals surface area contributed by atoms with Gasteiger partial charge in [-0.05, 0) is 125 Å². The summed E-state index contributed by atoms with van der Waals surface area (Å²) >= 11 is 0. The maximum absolute atomic E-state index is 13.8. The molecule has 4 heterocycles. The van der Waals surface area contributed by atoms with Gasteiger partial charge in [0.1, 0.15) is 5.82 Å². The summed E-state index contributed by atoms with van der Waals surface area (Å²) in [4.78, 5) is 25.7. The van der Waals surface area contributed by atoms with E-state index in [4.69, 9.17) is 9.72 Å². The number of anilines is 1. The summed E-state index contributed by atoms with van der Waals surface area (Å²) in [6, 6.07) is 11.9. The number of hydrogen-bond acceptors (Lipinski definition) is 6. The second-order valence-corrected chi connectivity index (χ2v) is 16.4. The third-order valence-electron chi connectivity index (χ3n) is 10.7. The molecule has 2 saturated heterocycles. The van der Waals surface area contributed by atoms with E-state index in [1.54, 1.807) is 12.1 Å². The number of benzene rings is 2. The molecule has 1 atom stereocenters. The van der Waals surface area contributed by atoms with Crippen molar-refractivity contribution in [3.63, 3.8) is 0 Å². The summed E-state index contributed by atoms with van der Waals surface area (Å²) in [5, 5.41) is 10.7. The topological polar surface area (TPSA) is 69.1 Å². The number of piperidine rings is 1. The van der Waals surface area contributed by atoms with Crippen molar-refractivity contribution >= 4 is 11.7 Å². The van der Waals surface area contributed by atoms with Gasteiger partial charge in [0.25, 0.3) is 0 Å². The van der Waals surface area contributed by atoms with Crippen LogP contribution in [0.4, 0.5) is 10.1 Å². The van der Waals surface area contributed by atoms with Crippen LogP contribution in [0.3, 0.4) is 0 Å². The lowest BCUT2D eigenvalue weighted by Crippen LogP contribution is -2.39. The third kappa shape index (κ3) is 8.19. The Morgan fingerprint density at radius 2 is 1.67 bits per heavy atom. The number of halogens is 1. The number of likely N-dealkylation sites (tertiary alicyclic amines) is 1. The van der Waals surface area contributed by atoms with Crippen LogP contribution >= 0.6 is 0 Å². The zero-order valence-electron chi connectivity index (χ0n) is 30.7. The van der Waals surface area contributed by atoms with Crippen LogP contribution in [-0.2, 0) is 35.6 Å². The van der Waals surface area contributed by atoms with Crippen LogP contribution in [0, 0.1) is 25.1 Å². The molecule has 0 saturated carbocycles. The molecule has 0 spiro atoms. The van der Waals surface area contributed by atoms with Crippen molar-refractivity contribution in [3.8, 4) is 11.1 Å². The van der Waals surface area contributed by atoms with Gasteiger partial charge in [0.15, 0.2) is 6.10 Å². The van der Waals surface area contributed by atoms with Crippen molar-refractivity contribution in [2.75, 3.05) is 37.6 Å². The Balaban J connectivity index is 1.46. The molecule has 2 fully saturated rings. The molecule has 7 nitrogen and oxygen atoms in total. The fraction of sp³-hybridized carbons (Fsp3) is 0.561. The minimum Gasteiger partial charge on any atom is -0.479 e. The fourth-order valence-corrected chi connectivity index (χ4v) is 7.88. The van der Waals surface area contributed by atoms with Crippen molar-refractivity contribution < 1.29 is 19.0 Å². The molecule has 2 aromatic carbocycles. The molecule has 3 aromatic rings. The molecular weight excluding hydrogens is 615 g/mol. The molecule has 1 aromatic heterocycles. The number of pyridine rings is 1. The van der Waals surface area contributed by atoms with Crippen LogP contribution < -0.4 is 4.90 Å². The molecule has 0 radical (unpaired) electrons. The van der Waals surface area contributed by atoms with Gasteiger partial charge in [-0.25, -0.2) is 9.18 Å². The van der Waals surface area contributed by atoms with Crippen LogP contribution in [-0.4, -0.2) is 64.2 Å². The summed E-state index contributed by atoms with van der Waals surface area (Å²) in [6.07, 6.45) is 4.20. The third-order valence-corrected chi connectivity index (χ3v) is 10.7. The fourth-order valence-electron chi connectivity index (χ4n) is 7.88. The molecule has 8 heteroatoms. The van der Waals surface area contributed by atoms with Crippen molar-refractivity contribution in [3.05, 3.63) is 81.4 Å². The molecular formula is C41H55FN4O3. The molecule has 3 aliphatic heterocycles. The van der Waals surface area contributed by atoms with Crippen molar-refractivity contribution in [1.29, 1.82) is 0 Å². The number of carbonyl (C=O) groups is 1. The number of hydrogen-bond donors (Lipinski definition) is 1. The number of aryl methyl sites for hydroxylation is 2. The number of carboxylic acids is 1. The molecule has 0 amide bonds. The monoisotopic (exact) mass is 670 g/mol. The van der Waals surface area contributed by atoms with E-state index in [2.05, 4.69) is 46.7 Å². The number of ether oxygens (including phenoxy) is 1. The van der Waals surface area contributed by atoms with E-state index in [1.807, 2.05) is 40.7 Å². The first kappa shape index (κ1) is 35.5. The average molecular weight is 671 g/mol.